The van der Waals surface area contributed by atoms with Gasteiger partial charge in [-0.2, -0.15) is 0 Å². The van der Waals surface area contributed by atoms with Crippen molar-refractivity contribution >= 4 is 11.7 Å². The first-order valence-corrected chi connectivity index (χ1v) is 9.84. The van der Waals surface area contributed by atoms with Crippen molar-refractivity contribution in [2.24, 2.45) is 0 Å². The van der Waals surface area contributed by atoms with E-state index >= 15 is 0 Å². The van der Waals surface area contributed by atoms with Gasteiger partial charge in [-0.1, -0.05) is 66.7 Å². The normalized spacial score (nSPS) is 14.7. The highest BCUT2D eigenvalue weighted by Crippen LogP contribution is 2.30. The molecule has 0 aliphatic carbocycles. The first kappa shape index (κ1) is 18.3. The van der Waals surface area contributed by atoms with E-state index in [9.17, 15) is 4.79 Å². The standard InChI is InChI=1S/C25H25NO2/c1-28-25(27)24(22-13-15-23(16-14-22)26-17-5-6-18-26)21-11-9-20(10-12-21)19-7-3-2-4-8-19/h2-4,7-16,24H,5-6,17-18H2,1H3. The number of benzene rings is 3. The van der Waals surface area contributed by atoms with Crippen LogP contribution in [0.4, 0.5) is 5.69 Å². The van der Waals surface area contributed by atoms with Crippen LogP contribution in [-0.4, -0.2) is 26.2 Å². The Morgan fingerprint density at radius 3 is 1.89 bits per heavy atom. The van der Waals surface area contributed by atoms with Crippen molar-refractivity contribution in [3.63, 3.8) is 0 Å². The number of rotatable bonds is 5. The molecule has 0 N–H and O–H groups in total. The summed E-state index contributed by atoms with van der Waals surface area (Å²) in [4.78, 5) is 15.0. The van der Waals surface area contributed by atoms with E-state index in [-0.39, 0.29) is 5.97 Å². The molecular formula is C25H25NO2. The third kappa shape index (κ3) is 3.79. The fraction of sp³-hybridized carbons (Fsp3) is 0.240. The number of anilines is 1. The van der Waals surface area contributed by atoms with Crippen molar-refractivity contribution in [2.75, 3.05) is 25.1 Å². The van der Waals surface area contributed by atoms with E-state index in [1.165, 1.54) is 31.2 Å². The molecule has 0 saturated carbocycles. The van der Waals surface area contributed by atoms with Crippen LogP contribution in [0, 0.1) is 0 Å². The van der Waals surface area contributed by atoms with Gasteiger partial charge in [0.1, 0.15) is 5.92 Å². The Morgan fingerprint density at radius 1 is 0.786 bits per heavy atom. The van der Waals surface area contributed by atoms with Crippen LogP contribution in [0.25, 0.3) is 11.1 Å². The molecule has 3 heteroatoms. The van der Waals surface area contributed by atoms with Crippen molar-refractivity contribution in [3.8, 4) is 11.1 Å². The van der Waals surface area contributed by atoms with Gasteiger partial charge in [0.25, 0.3) is 0 Å². The van der Waals surface area contributed by atoms with E-state index in [0.717, 1.165) is 29.8 Å². The van der Waals surface area contributed by atoms with Crippen molar-refractivity contribution in [2.45, 2.75) is 18.8 Å². The Morgan fingerprint density at radius 2 is 1.32 bits per heavy atom. The maximum absolute atomic E-state index is 12.6. The van der Waals surface area contributed by atoms with E-state index in [1.807, 2.05) is 30.3 Å². The Bertz CT molecular complexity index is 911. The van der Waals surface area contributed by atoms with Crippen molar-refractivity contribution in [1.29, 1.82) is 0 Å². The van der Waals surface area contributed by atoms with E-state index in [2.05, 4.69) is 53.4 Å². The predicted molar refractivity (Wildman–Crippen MR) is 114 cm³/mol. The summed E-state index contributed by atoms with van der Waals surface area (Å²) in [6.45, 7) is 2.22. The van der Waals surface area contributed by atoms with Gasteiger partial charge in [0.15, 0.2) is 0 Å². The molecule has 0 aromatic heterocycles. The second-order valence-electron chi connectivity index (χ2n) is 7.23. The molecule has 0 bridgehead atoms. The van der Waals surface area contributed by atoms with Crippen LogP contribution in [0.2, 0.25) is 0 Å². The van der Waals surface area contributed by atoms with Crippen LogP contribution >= 0.6 is 0 Å². The second kappa shape index (κ2) is 8.30. The zero-order chi connectivity index (χ0) is 19.3. The number of nitrogens with zero attached hydrogens (tertiary/aromatic N) is 1. The summed E-state index contributed by atoms with van der Waals surface area (Å²) in [5, 5.41) is 0. The van der Waals surface area contributed by atoms with Crippen LogP contribution in [-0.2, 0) is 9.53 Å². The lowest BCUT2D eigenvalue weighted by molar-refractivity contribution is -0.141. The van der Waals surface area contributed by atoms with Crippen LogP contribution in [0.5, 0.6) is 0 Å². The first-order chi connectivity index (χ1) is 13.8. The lowest BCUT2D eigenvalue weighted by Gasteiger charge is -2.20. The number of carbonyl (C=O) groups excluding carboxylic acids is 1. The molecule has 3 aromatic rings. The Hall–Kier alpha value is -3.07. The lowest BCUT2D eigenvalue weighted by Crippen LogP contribution is -2.18. The number of ether oxygens (including phenoxy) is 1. The first-order valence-electron chi connectivity index (χ1n) is 9.84. The molecule has 28 heavy (non-hydrogen) atoms. The molecule has 1 heterocycles. The van der Waals surface area contributed by atoms with Crippen molar-refractivity contribution in [1.82, 2.24) is 0 Å². The highest BCUT2D eigenvalue weighted by Gasteiger charge is 2.24. The fourth-order valence-corrected chi connectivity index (χ4v) is 3.93. The highest BCUT2D eigenvalue weighted by atomic mass is 16.5. The monoisotopic (exact) mass is 371 g/mol. The molecule has 4 rings (SSSR count). The number of hydrogen-bond acceptors (Lipinski definition) is 3. The third-order valence-corrected chi connectivity index (χ3v) is 5.49. The summed E-state index contributed by atoms with van der Waals surface area (Å²) in [7, 11) is 1.45. The highest BCUT2D eigenvalue weighted by molar-refractivity contribution is 5.82. The quantitative estimate of drug-likeness (QED) is 0.573. The molecule has 1 aliphatic rings. The summed E-state index contributed by atoms with van der Waals surface area (Å²) in [5.41, 5.74) is 5.43. The van der Waals surface area contributed by atoms with Crippen LogP contribution in [0.1, 0.15) is 29.9 Å². The average Bonchev–Trinajstić information content (AvgIpc) is 3.30. The Balaban J connectivity index is 1.62. The summed E-state index contributed by atoms with van der Waals surface area (Å²) in [5.74, 6) is -0.649. The van der Waals surface area contributed by atoms with Gasteiger partial charge < -0.3 is 9.64 Å². The van der Waals surface area contributed by atoms with Gasteiger partial charge in [-0.15, -0.1) is 0 Å². The summed E-state index contributed by atoms with van der Waals surface area (Å²) >= 11 is 0. The summed E-state index contributed by atoms with van der Waals surface area (Å²) < 4.78 is 5.12. The molecule has 1 atom stereocenters. The van der Waals surface area contributed by atoms with Gasteiger partial charge in [0.2, 0.25) is 0 Å². The van der Waals surface area contributed by atoms with Gasteiger partial charge in [0, 0.05) is 18.8 Å². The summed E-state index contributed by atoms with van der Waals surface area (Å²) in [6.07, 6.45) is 2.50. The SMILES string of the molecule is COC(=O)C(c1ccc(-c2ccccc2)cc1)c1ccc(N2CCCC2)cc1. The fourth-order valence-electron chi connectivity index (χ4n) is 3.93. The average molecular weight is 371 g/mol. The largest absolute Gasteiger partial charge is 0.468 e. The predicted octanol–water partition coefficient (Wildman–Crippen LogP) is 5.26. The van der Waals surface area contributed by atoms with Gasteiger partial charge in [-0.3, -0.25) is 4.79 Å². The van der Waals surface area contributed by atoms with E-state index in [4.69, 9.17) is 4.74 Å². The van der Waals surface area contributed by atoms with E-state index in [0.29, 0.717) is 0 Å². The van der Waals surface area contributed by atoms with Gasteiger partial charge in [-0.05, 0) is 47.2 Å². The minimum atomic E-state index is -0.414. The molecule has 142 valence electrons. The molecule has 3 aromatic carbocycles. The molecule has 1 unspecified atom stereocenters. The maximum Gasteiger partial charge on any atom is 0.317 e. The topological polar surface area (TPSA) is 29.5 Å². The molecule has 0 amide bonds. The van der Waals surface area contributed by atoms with E-state index < -0.39 is 5.92 Å². The van der Waals surface area contributed by atoms with Gasteiger partial charge in [0.05, 0.1) is 7.11 Å². The van der Waals surface area contributed by atoms with Crippen molar-refractivity contribution < 1.29 is 9.53 Å². The number of hydrogen-bond donors (Lipinski definition) is 0. The third-order valence-electron chi connectivity index (χ3n) is 5.49. The van der Waals surface area contributed by atoms with Crippen molar-refractivity contribution in [3.05, 3.63) is 90.0 Å². The van der Waals surface area contributed by atoms with E-state index in [1.54, 1.807) is 0 Å². The number of carbonyl (C=O) groups is 1. The zero-order valence-corrected chi connectivity index (χ0v) is 16.2. The Labute approximate surface area is 166 Å². The molecule has 0 radical (unpaired) electrons. The molecule has 3 nitrogen and oxygen atoms in total. The zero-order valence-electron chi connectivity index (χ0n) is 16.2. The Kier molecular flexibility index (Phi) is 5.43. The molecule has 1 saturated heterocycles. The van der Waals surface area contributed by atoms with Crippen LogP contribution in [0.3, 0.4) is 0 Å². The minimum Gasteiger partial charge on any atom is -0.468 e. The minimum absolute atomic E-state index is 0.235. The maximum atomic E-state index is 12.6. The number of methoxy groups -OCH3 is 1. The van der Waals surface area contributed by atoms with Crippen LogP contribution in [0.15, 0.2) is 78.9 Å². The molecule has 1 fully saturated rings. The summed E-state index contributed by atoms with van der Waals surface area (Å²) in [6, 6.07) is 26.8. The van der Waals surface area contributed by atoms with Gasteiger partial charge in [-0.25, -0.2) is 0 Å². The van der Waals surface area contributed by atoms with Crippen LogP contribution < -0.4 is 4.90 Å². The lowest BCUT2D eigenvalue weighted by atomic mass is 9.90. The molecular weight excluding hydrogens is 346 g/mol. The number of esters is 1. The van der Waals surface area contributed by atoms with Gasteiger partial charge >= 0.3 is 5.97 Å². The second-order valence-corrected chi connectivity index (χ2v) is 7.23. The molecule has 0 spiro atoms. The smallest absolute Gasteiger partial charge is 0.317 e. The molecule has 1 aliphatic heterocycles.